The minimum absolute atomic E-state index is 0.464. The van der Waals surface area contributed by atoms with Gasteiger partial charge in [0.25, 0.3) is 0 Å². The normalized spacial score (nSPS) is 10.9. The van der Waals surface area contributed by atoms with E-state index in [1.165, 1.54) is 12.1 Å². The second-order valence-electron chi connectivity index (χ2n) is 3.65. The predicted octanol–water partition coefficient (Wildman–Crippen LogP) is 4.24. The van der Waals surface area contributed by atoms with E-state index in [0.717, 1.165) is 16.2 Å². The maximum absolute atomic E-state index is 13.2. The van der Waals surface area contributed by atoms with Crippen LogP contribution in [0.25, 0.3) is 21.3 Å². The van der Waals surface area contributed by atoms with Crippen LogP contribution in [0.4, 0.5) is 8.78 Å². The number of hydrogen-bond donors (Lipinski definition) is 0. The van der Waals surface area contributed by atoms with Crippen molar-refractivity contribution in [2.24, 2.45) is 0 Å². The van der Waals surface area contributed by atoms with Gasteiger partial charge in [-0.15, -0.1) is 11.3 Å². The van der Waals surface area contributed by atoms with Crippen molar-refractivity contribution in [3.8, 4) is 11.3 Å². The van der Waals surface area contributed by atoms with Gasteiger partial charge in [0.2, 0.25) is 0 Å². The highest BCUT2D eigenvalue weighted by Gasteiger charge is 2.08. The number of aromatic nitrogens is 1. The first-order chi connectivity index (χ1) is 8.24. The Morgan fingerprint density at radius 2 is 1.76 bits per heavy atom. The third kappa shape index (κ3) is 1.80. The largest absolute Gasteiger partial charge is 0.256 e. The Kier molecular flexibility index (Phi) is 2.37. The van der Waals surface area contributed by atoms with Crippen LogP contribution in [-0.2, 0) is 0 Å². The van der Waals surface area contributed by atoms with Gasteiger partial charge in [-0.1, -0.05) is 0 Å². The zero-order chi connectivity index (χ0) is 11.8. The Labute approximate surface area is 100 Å². The van der Waals surface area contributed by atoms with Crippen LogP contribution in [0.2, 0.25) is 0 Å². The van der Waals surface area contributed by atoms with Gasteiger partial charge in [-0.2, -0.15) is 0 Å². The van der Waals surface area contributed by atoms with Crippen LogP contribution in [0, 0.1) is 11.6 Å². The van der Waals surface area contributed by atoms with E-state index in [4.69, 9.17) is 0 Å². The van der Waals surface area contributed by atoms with E-state index in [1.807, 2.05) is 17.5 Å². The van der Waals surface area contributed by atoms with Crippen LogP contribution in [0.15, 0.2) is 41.9 Å². The number of fused-ring (bicyclic) bond motifs is 1. The summed E-state index contributed by atoms with van der Waals surface area (Å²) in [6, 6.07) is 7.24. The van der Waals surface area contributed by atoms with Gasteiger partial charge in [-0.3, -0.25) is 4.98 Å². The van der Waals surface area contributed by atoms with E-state index in [2.05, 4.69) is 4.98 Å². The van der Waals surface area contributed by atoms with Crippen molar-refractivity contribution in [2.45, 2.75) is 0 Å². The van der Waals surface area contributed by atoms with Crippen LogP contribution in [0.5, 0.6) is 0 Å². The van der Waals surface area contributed by atoms with Gasteiger partial charge >= 0.3 is 0 Å². The summed E-state index contributed by atoms with van der Waals surface area (Å²) in [6.45, 7) is 0. The molecule has 4 heteroatoms. The van der Waals surface area contributed by atoms with E-state index in [-0.39, 0.29) is 0 Å². The molecule has 0 fully saturated rings. The predicted molar refractivity (Wildman–Crippen MR) is 65.0 cm³/mol. The third-order valence-corrected chi connectivity index (χ3v) is 3.40. The van der Waals surface area contributed by atoms with E-state index >= 15 is 0 Å². The van der Waals surface area contributed by atoms with Crippen LogP contribution >= 0.6 is 11.3 Å². The van der Waals surface area contributed by atoms with E-state index in [1.54, 1.807) is 17.5 Å². The molecule has 17 heavy (non-hydrogen) atoms. The lowest BCUT2D eigenvalue weighted by Crippen LogP contribution is -1.87. The summed E-state index contributed by atoms with van der Waals surface area (Å²) in [4.78, 5) is 4.20. The SMILES string of the molecule is Fc1cc(F)cc(-c2nccc3sccc23)c1. The molecule has 0 N–H and O–H groups in total. The first kappa shape index (κ1) is 10.4. The third-order valence-electron chi connectivity index (χ3n) is 2.52. The molecule has 1 nitrogen and oxygen atoms in total. The van der Waals surface area contributed by atoms with Gasteiger partial charge in [-0.05, 0) is 29.6 Å². The standard InChI is InChI=1S/C13H7F2NS/c14-9-5-8(6-10(15)7-9)13-11-2-4-17-12(11)1-3-16-13/h1-7H. The number of thiophene rings is 1. The molecule has 0 radical (unpaired) electrons. The molecule has 0 bridgehead atoms. The van der Waals surface area contributed by atoms with Crippen molar-refractivity contribution in [1.29, 1.82) is 0 Å². The highest BCUT2D eigenvalue weighted by atomic mass is 32.1. The Balaban J connectivity index is 2.30. The van der Waals surface area contributed by atoms with Gasteiger partial charge in [0, 0.05) is 27.9 Å². The fraction of sp³-hybridized carbons (Fsp3) is 0. The fourth-order valence-electron chi connectivity index (χ4n) is 1.82. The lowest BCUT2D eigenvalue weighted by atomic mass is 10.1. The lowest BCUT2D eigenvalue weighted by molar-refractivity contribution is 0.584. The highest BCUT2D eigenvalue weighted by molar-refractivity contribution is 7.17. The summed E-state index contributed by atoms with van der Waals surface area (Å²) in [5, 5.41) is 2.85. The second kappa shape index (κ2) is 3.89. The van der Waals surface area contributed by atoms with Crippen molar-refractivity contribution in [2.75, 3.05) is 0 Å². The quantitative estimate of drug-likeness (QED) is 0.626. The van der Waals surface area contributed by atoms with Gasteiger partial charge < -0.3 is 0 Å². The molecule has 0 spiro atoms. The number of nitrogens with zero attached hydrogens (tertiary/aromatic N) is 1. The smallest absolute Gasteiger partial charge is 0.126 e. The molecule has 1 aromatic carbocycles. The summed E-state index contributed by atoms with van der Waals surface area (Å²) in [5.41, 5.74) is 1.08. The molecule has 3 aromatic rings. The molecule has 0 amide bonds. The molecular formula is C13H7F2NS. The maximum Gasteiger partial charge on any atom is 0.126 e. The molecule has 2 heterocycles. The molecule has 2 aromatic heterocycles. The lowest BCUT2D eigenvalue weighted by Gasteiger charge is -2.03. The molecule has 84 valence electrons. The Morgan fingerprint density at radius 1 is 1.00 bits per heavy atom. The van der Waals surface area contributed by atoms with Crippen LogP contribution in [0.3, 0.4) is 0 Å². The molecule has 0 atom stereocenters. The minimum Gasteiger partial charge on any atom is -0.256 e. The first-order valence-corrected chi connectivity index (χ1v) is 5.91. The first-order valence-electron chi connectivity index (χ1n) is 5.03. The monoisotopic (exact) mass is 247 g/mol. The number of hydrogen-bond acceptors (Lipinski definition) is 2. The molecular weight excluding hydrogens is 240 g/mol. The average molecular weight is 247 g/mol. The molecule has 0 aliphatic carbocycles. The summed E-state index contributed by atoms with van der Waals surface area (Å²) in [6.07, 6.45) is 1.65. The summed E-state index contributed by atoms with van der Waals surface area (Å²) < 4.78 is 27.4. The Morgan fingerprint density at radius 3 is 2.53 bits per heavy atom. The van der Waals surface area contributed by atoms with Crippen molar-refractivity contribution in [3.05, 3.63) is 53.5 Å². The van der Waals surface area contributed by atoms with Crippen molar-refractivity contribution in [1.82, 2.24) is 4.98 Å². The van der Waals surface area contributed by atoms with Gasteiger partial charge in [0.1, 0.15) is 11.6 Å². The van der Waals surface area contributed by atoms with Crippen LogP contribution in [-0.4, -0.2) is 4.98 Å². The minimum atomic E-state index is -0.589. The van der Waals surface area contributed by atoms with E-state index in [9.17, 15) is 8.78 Å². The van der Waals surface area contributed by atoms with Crippen molar-refractivity contribution >= 4 is 21.4 Å². The topological polar surface area (TPSA) is 12.9 Å². The second-order valence-corrected chi connectivity index (χ2v) is 4.60. The molecule has 0 unspecified atom stereocenters. The number of halogens is 2. The van der Waals surface area contributed by atoms with Gasteiger partial charge in [-0.25, -0.2) is 8.78 Å². The summed E-state index contributed by atoms with van der Waals surface area (Å²) in [5.74, 6) is -1.18. The van der Waals surface area contributed by atoms with Crippen molar-refractivity contribution in [3.63, 3.8) is 0 Å². The number of pyridine rings is 1. The number of rotatable bonds is 1. The van der Waals surface area contributed by atoms with Gasteiger partial charge in [0.05, 0.1) is 5.69 Å². The van der Waals surface area contributed by atoms with Crippen molar-refractivity contribution < 1.29 is 8.78 Å². The Bertz CT molecular complexity index is 670. The summed E-state index contributed by atoms with van der Waals surface area (Å²) in [7, 11) is 0. The molecule has 3 rings (SSSR count). The molecule has 0 saturated heterocycles. The summed E-state index contributed by atoms with van der Waals surface area (Å²) >= 11 is 1.58. The van der Waals surface area contributed by atoms with Crippen LogP contribution in [0.1, 0.15) is 0 Å². The zero-order valence-corrected chi connectivity index (χ0v) is 9.47. The van der Waals surface area contributed by atoms with E-state index < -0.39 is 11.6 Å². The zero-order valence-electron chi connectivity index (χ0n) is 8.65. The molecule has 0 aliphatic rings. The highest BCUT2D eigenvalue weighted by Crippen LogP contribution is 2.30. The van der Waals surface area contributed by atoms with Crippen LogP contribution < -0.4 is 0 Å². The molecule has 0 aliphatic heterocycles. The number of benzene rings is 1. The maximum atomic E-state index is 13.2. The van der Waals surface area contributed by atoms with E-state index in [0.29, 0.717) is 11.3 Å². The average Bonchev–Trinajstić information content (AvgIpc) is 2.75. The molecule has 0 saturated carbocycles. The van der Waals surface area contributed by atoms with Gasteiger partial charge in [0.15, 0.2) is 0 Å². The fourth-order valence-corrected chi connectivity index (χ4v) is 2.60. The Hall–Kier alpha value is -1.81.